The van der Waals surface area contributed by atoms with Crippen LogP contribution < -0.4 is 11.1 Å². The van der Waals surface area contributed by atoms with Gasteiger partial charge in [0.25, 0.3) is 0 Å². The molecule has 2 atom stereocenters. The highest BCUT2D eigenvalue weighted by Crippen LogP contribution is 2.11. The minimum atomic E-state index is -0.595. The van der Waals surface area contributed by atoms with Crippen molar-refractivity contribution in [2.24, 2.45) is 5.73 Å². The molecule has 0 saturated heterocycles. The average molecular weight is 263 g/mol. The number of nitrogens with two attached hydrogens (primary N) is 1. The summed E-state index contributed by atoms with van der Waals surface area (Å²) < 4.78 is 0. The molecule has 0 saturated carbocycles. The van der Waals surface area contributed by atoms with Crippen LogP contribution in [0, 0.1) is 6.92 Å². The van der Waals surface area contributed by atoms with Crippen LogP contribution in [0.3, 0.4) is 0 Å². The fourth-order valence-electron chi connectivity index (χ4n) is 1.78. The largest absolute Gasteiger partial charge is 0.352 e. The van der Waals surface area contributed by atoms with Gasteiger partial charge in [-0.2, -0.15) is 0 Å². The molecule has 1 aromatic rings. The van der Waals surface area contributed by atoms with Gasteiger partial charge in [-0.1, -0.05) is 29.8 Å². The Balaban J connectivity index is 2.50. The van der Waals surface area contributed by atoms with Crippen LogP contribution in [0.2, 0.25) is 0 Å². The number of aryl methyl sites for hydroxylation is 1. The van der Waals surface area contributed by atoms with Gasteiger partial charge in [-0.15, -0.1) is 0 Å². The summed E-state index contributed by atoms with van der Waals surface area (Å²) in [5.41, 5.74) is 7.98. The van der Waals surface area contributed by atoms with Crippen molar-refractivity contribution in [2.75, 3.05) is 20.6 Å². The van der Waals surface area contributed by atoms with Crippen LogP contribution in [-0.4, -0.2) is 37.5 Å². The van der Waals surface area contributed by atoms with Crippen LogP contribution in [0.25, 0.3) is 0 Å². The summed E-state index contributed by atoms with van der Waals surface area (Å²) in [6.07, 6.45) is 0.916. The molecule has 1 aromatic carbocycles. The van der Waals surface area contributed by atoms with E-state index in [2.05, 4.69) is 10.2 Å². The van der Waals surface area contributed by atoms with E-state index in [0.29, 0.717) is 0 Å². The Kier molecular flexibility index (Phi) is 5.99. The monoisotopic (exact) mass is 263 g/mol. The minimum Gasteiger partial charge on any atom is -0.352 e. The number of carbonyl (C=O) groups excluding carboxylic acids is 1. The number of hydrogen-bond acceptors (Lipinski definition) is 3. The molecule has 0 aliphatic carbocycles. The minimum absolute atomic E-state index is 0.116. The summed E-state index contributed by atoms with van der Waals surface area (Å²) in [5, 5.41) is 2.96. The van der Waals surface area contributed by atoms with Crippen molar-refractivity contribution in [2.45, 2.75) is 32.4 Å². The highest BCUT2D eigenvalue weighted by atomic mass is 16.2. The maximum Gasteiger partial charge on any atom is 0.241 e. The van der Waals surface area contributed by atoms with Gasteiger partial charge in [0, 0.05) is 6.04 Å². The summed E-state index contributed by atoms with van der Waals surface area (Å²) in [4.78, 5) is 14.1. The van der Waals surface area contributed by atoms with E-state index in [1.54, 1.807) is 0 Å². The van der Waals surface area contributed by atoms with E-state index in [1.807, 2.05) is 52.2 Å². The van der Waals surface area contributed by atoms with Gasteiger partial charge in [0.1, 0.15) is 6.04 Å². The second-order valence-corrected chi connectivity index (χ2v) is 5.39. The molecule has 2 unspecified atom stereocenters. The molecular weight excluding hydrogens is 238 g/mol. The summed E-state index contributed by atoms with van der Waals surface area (Å²) >= 11 is 0. The van der Waals surface area contributed by atoms with Crippen LogP contribution in [-0.2, 0) is 4.79 Å². The summed E-state index contributed by atoms with van der Waals surface area (Å²) in [6, 6.07) is 7.29. The average Bonchev–Trinajstić information content (AvgIpc) is 2.36. The Bertz CT molecular complexity index is 400. The van der Waals surface area contributed by atoms with Gasteiger partial charge in [0.2, 0.25) is 5.91 Å². The predicted octanol–water partition coefficient (Wildman–Crippen LogP) is 1.45. The third-order valence-corrected chi connectivity index (χ3v) is 3.12. The van der Waals surface area contributed by atoms with Crippen molar-refractivity contribution in [3.63, 3.8) is 0 Å². The first-order chi connectivity index (χ1) is 8.90. The SMILES string of the molecule is Cc1ccc(C(N)C(=O)NC(C)CCN(C)C)cc1. The van der Waals surface area contributed by atoms with Crippen molar-refractivity contribution in [3.8, 4) is 0 Å². The molecule has 1 rings (SSSR count). The number of hydrogen-bond donors (Lipinski definition) is 2. The highest BCUT2D eigenvalue weighted by molar-refractivity contribution is 5.83. The molecule has 0 heterocycles. The first-order valence-corrected chi connectivity index (χ1v) is 6.67. The van der Waals surface area contributed by atoms with E-state index in [9.17, 15) is 4.79 Å². The Morgan fingerprint density at radius 1 is 1.32 bits per heavy atom. The molecule has 0 aliphatic rings. The summed E-state index contributed by atoms with van der Waals surface area (Å²) in [7, 11) is 4.04. The van der Waals surface area contributed by atoms with Gasteiger partial charge >= 0.3 is 0 Å². The fraction of sp³-hybridized carbons (Fsp3) is 0.533. The van der Waals surface area contributed by atoms with Gasteiger partial charge in [-0.05, 0) is 46.5 Å². The van der Waals surface area contributed by atoms with Crippen LogP contribution >= 0.6 is 0 Å². The normalized spacial score (nSPS) is 14.2. The second-order valence-electron chi connectivity index (χ2n) is 5.39. The fourth-order valence-corrected chi connectivity index (χ4v) is 1.78. The maximum absolute atomic E-state index is 12.0. The topological polar surface area (TPSA) is 58.4 Å². The number of amides is 1. The lowest BCUT2D eigenvalue weighted by Gasteiger charge is -2.19. The number of carbonyl (C=O) groups is 1. The zero-order chi connectivity index (χ0) is 14.4. The first-order valence-electron chi connectivity index (χ1n) is 6.67. The second kappa shape index (κ2) is 7.26. The highest BCUT2D eigenvalue weighted by Gasteiger charge is 2.17. The molecule has 0 spiro atoms. The van der Waals surface area contributed by atoms with Crippen molar-refractivity contribution in [3.05, 3.63) is 35.4 Å². The Morgan fingerprint density at radius 3 is 2.42 bits per heavy atom. The lowest BCUT2D eigenvalue weighted by Crippen LogP contribution is -2.40. The molecule has 106 valence electrons. The molecule has 3 N–H and O–H groups in total. The third kappa shape index (κ3) is 5.41. The third-order valence-electron chi connectivity index (χ3n) is 3.12. The van der Waals surface area contributed by atoms with E-state index < -0.39 is 6.04 Å². The molecule has 0 bridgehead atoms. The molecule has 0 aliphatic heterocycles. The van der Waals surface area contributed by atoms with Crippen molar-refractivity contribution in [1.29, 1.82) is 0 Å². The molecule has 4 heteroatoms. The molecule has 19 heavy (non-hydrogen) atoms. The Morgan fingerprint density at radius 2 is 1.89 bits per heavy atom. The molecule has 4 nitrogen and oxygen atoms in total. The zero-order valence-corrected chi connectivity index (χ0v) is 12.3. The number of rotatable bonds is 6. The van der Waals surface area contributed by atoms with E-state index in [-0.39, 0.29) is 11.9 Å². The van der Waals surface area contributed by atoms with Crippen LogP contribution in [0.4, 0.5) is 0 Å². The number of nitrogens with zero attached hydrogens (tertiary/aromatic N) is 1. The maximum atomic E-state index is 12.0. The van der Waals surface area contributed by atoms with Gasteiger partial charge in [-0.25, -0.2) is 0 Å². The van der Waals surface area contributed by atoms with Gasteiger partial charge < -0.3 is 16.0 Å². The number of benzene rings is 1. The van der Waals surface area contributed by atoms with E-state index in [1.165, 1.54) is 0 Å². The lowest BCUT2D eigenvalue weighted by atomic mass is 10.0. The standard InChI is InChI=1S/C15H25N3O/c1-11-5-7-13(8-6-11)14(16)15(19)17-12(2)9-10-18(3)4/h5-8,12,14H,9-10,16H2,1-4H3,(H,17,19). The van der Waals surface area contributed by atoms with E-state index >= 15 is 0 Å². The number of nitrogens with one attached hydrogen (secondary N) is 1. The summed E-state index contributed by atoms with van der Waals surface area (Å²) in [5.74, 6) is -0.116. The van der Waals surface area contributed by atoms with Crippen LogP contribution in [0.5, 0.6) is 0 Å². The smallest absolute Gasteiger partial charge is 0.241 e. The van der Waals surface area contributed by atoms with Crippen molar-refractivity contribution < 1.29 is 4.79 Å². The zero-order valence-electron chi connectivity index (χ0n) is 12.3. The van der Waals surface area contributed by atoms with E-state index in [4.69, 9.17) is 5.73 Å². The van der Waals surface area contributed by atoms with Gasteiger partial charge in [-0.3, -0.25) is 4.79 Å². The van der Waals surface area contributed by atoms with Crippen LogP contribution in [0.15, 0.2) is 24.3 Å². The van der Waals surface area contributed by atoms with Crippen molar-refractivity contribution in [1.82, 2.24) is 10.2 Å². The molecule has 0 fully saturated rings. The quantitative estimate of drug-likeness (QED) is 0.817. The summed E-state index contributed by atoms with van der Waals surface area (Å²) in [6.45, 7) is 4.96. The van der Waals surface area contributed by atoms with Crippen LogP contribution in [0.1, 0.15) is 30.5 Å². The Hall–Kier alpha value is -1.39. The van der Waals surface area contributed by atoms with Crippen molar-refractivity contribution >= 4 is 5.91 Å². The van der Waals surface area contributed by atoms with E-state index in [0.717, 1.165) is 24.1 Å². The van der Waals surface area contributed by atoms with Gasteiger partial charge in [0.15, 0.2) is 0 Å². The molecular formula is C15H25N3O. The lowest BCUT2D eigenvalue weighted by molar-refractivity contribution is -0.123. The Labute approximate surface area is 116 Å². The molecule has 0 aromatic heterocycles. The molecule has 1 amide bonds. The predicted molar refractivity (Wildman–Crippen MR) is 78.9 cm³/mol. The molecule has 0 radical (unpaired) electrons. The first kappa shape index (κ1) is 15.7. The van der Waals surface area contributed by atoms with Gasteiger partial charge in [0.05, 0.1) is 0 Å².